The maximum Gasteiger partial charge on any atom is 0.408 e. The van der Waals surface area contributed by atoms with Crippen molar-refractivity contribution in [3.63, 3.8) is 0 Å². The molecule has 0 bridgehead atoms. The zero-order valence-corrected chi connectivity index (χ0v) is 5.40. The van der Waals surface area contributed by atoms with Crippen LogP contribution in [0.3, 0.4) is 0 Å². The molecule has 0 fully saturated rings. The molecule has 59 valence electrons. The number of carbonyl (C=O) groups excluding carboxylic acids is 1. The van der Waals surface area contributed by atoms with Gasteiger partial charge in [0, 0.05) is 6.42 Å². The highest BCUT2D eigenvalue weighted by Gasteiger charge is 2.28. The summed E-state index contributed by atoms with van der Waals surface area (Å²) in [6, 6.07) is 0. The standard InChI is InChI=1S/C5H7F3NO/c1-2-4(10)9-3-5(6,7)8/h2-3H2,1H3. The molecule has 0 N–H and O–H groups in total. The predicted molar refractivity (Wildman–Crippen MR) is 28.4 cm³/mol. The first-order valence-electron chi connectivity index (χ1n) is 2.73. The Morgan fingerprint density at radius 1 is 1.50 bits per heavy atom. The topological polar surface area (TPSA) is 31.2 Å². The minimum atomic E-state index is -4.36. The second-order valence-corrected chi connectivity index (χ2v) is 1.68. The molecule has 0 aromatic carbocycles. The van der Waals surface area contributed by atoms with E-state index in [4.69, 9.17) is 0 Å². The molecule has 0 aliphatic rings. The normalized spacial score (nSPS) is 11.2. The average molecular weight is 154 g/mol. The van der Waals surface area contributed by atoms with Crippen molar-refractivity contribution in [3.8, 4) is 0 Å². The Bertz CT molecular complexity index is 121. The summed E-state index contributed by atoms with van der Waals surface area (Å²) in [5.41, 5.74) is 0. The summed E-state index contributed by atoms with van der Waals surface area (Å²) in [6.07, 6.45) is -4.33. The highest BCUT2D eigenvalue weighted by Crippen LogP contribution is 2.12. The van der Waals surface area contributed by atoms with Crippen LogP contribution in [0.15, 0.2) is 0 Å². The lowest BCUT2D eigenvalue weighted by Gasteiger charge is -2.03. The summed E-state index contributed by atoms with van der Waals surface area (Å²) in [6.45, 7) is 0.0991. The van der Waals surface area contributed by atoms with Crippen molar-refractivity contribution in [1.29, 1.82) is 0 Å². The molecule has 0 saturated carbocycles. The Labute approximate surface area is 56.4 Å². The first kappa shape index (κ1) is 9.26. The number of alkyl halides is 3. The van der Waals surface area contributed by atoms with Crippen molar-refractivity contribution >= 4 is 5.91 Å². The van der Waals surface area contributed by atoms with Crippen molar-refractivity contribution < 1.29 is 18.0 Å². The van der Waals surface area contributed by atoms with E-state index in [-0.39, 0.29) is 6.42 Å². The van der Waals surface area contributed by atoms with Gasteiger partial charge in [-0.05, 0) is 0 Å². The zero-order chi connectivity index (χ0) is 8.20. The maximum absolute atomic E-state index is 11.3. The number of nitrogens with zero attached hydrogens (tertiary/aromatic N) is 1. The van der Waals surface area contributed by atoms with Gasteiger partial charge in [0.1, 0.15) is 6.54 Å². The summed E-state index contributed by atoms with van der Waals surface area (Å²) in [5.74, 6) is -0.711. The second kappa shape index (κ2) is 3.43. The van der Waals surface area contributed by atoms with Gasteiger partial charge < -0.3 is 0 Å². The van der Waals surface area contributed by atoms with Gasteiger partial charge in [0.05, 0.1) is 0 Å². The van der Waals surface area contributed by atoms with Gasteiger partial charge in [-0.2, -0.15) is 13.2 Å². The summed E-state index contributed by atoms with van der Waals surface area (Å²) in [7, 11) is 0. The lowest BCUT2D eigenvalue weighted by Crippen LogP contribution is -2.27. The number of hydrogen-bond donors (Lipinski definition) is 0. The van der Waals surface area contributed by atoms with Crippen LogP contribution in [-0.4, -0.2) is 18.6 Å². The van der Waals surface area contributed by atoms with Crippen molar-refractivity contribution in [2.75, 3.05) is 6.54 Å². The molecule has 0 aromatic heterocycles. The predicted octanol–water partition coefficient (Wildman–Crippen LogP) is 1.09. The van der Waals surface area contributed by atoms with E-state index in [9.17, 15) is 18.0 Å². The van der Waals surface area contributed by atoms with Crippen LogP contribution in [-0.2, 0) is 4.79 Å². The first-order chi connectivity index (χ1) is 4.45. The monoisotopic (exact) mass is 154 g/mol. The number of carbonyl (C=O) groups is 1. The minimum Gasteiger partial charge on any atom is -0.273 e. The molecule has 0 saturated heterocycles. The van der Waals surface area contributed by atoms with Crippen molar-refractivity contribution in [2.24, 2.45) is 0 Å². The average Bonchev–Trinajstić information content (AvgIpc) is 1.81. The molecule has 0 spiro atoms. The molecule has 0 heterocycles. The van der Waals surface area contributed by atoms with Crippen LogP contribution in [0.1, 0.15) is 13.3 Å². The van der Waals surface area contributed by atoms with E-state index >= 15 is 0 Å². The van der Waals surface area contributed by atoms with Gasteiger partial charge in [-0.25, -0.2) is 5.32 Å². The zero-order valence-electron chi connectivity index (χ0n) is 5.40. The number of halogens is 3. The third-order valence-electron chi connectivity index (χ3n) is 0.737. The number of hydrogen-bond acceptors (Lipinski definition) is 1. The molecular formula is C5H7F3NO. The van der Waals surface area contributed by atoms with Crippen LogP contribution in [0.25, 0.3) is 0 Å². The van der Waals surface area contributed by atoms with E-state index in [1.165, 1.54) is 6.92 Å². The lowest BCUT2D eigenvalue weighted by molar-refractivity contribution is -0.138. The Balaban J connectivity index is 3.46. The molecule has 0 atom stereocenters. The van der Waals surface area contributed by atoms with E-state index in [2.05, 4.69) is 5.32 Å². The van der Waals surface area contributed by atoms with Crippen LogP contribution in [0, 0.1) is 0 Å². The van der Waals surface area contributed by atoms with Gasteiger partial charge in [0.2, 0.25) is 5.91 Å². The number of rotatable bonds is 2. The summed E-state index contributed by atoms with van der Waals surface area (Å²) >= 11 is 0. The van der Waals surface area contributed by atoms with Crippen LogP contribution in [0.5, 0.6) is 0 Å². The Hall–Kier alpha value is -0.740. The summed E-state index contributed by atoms with van der Waals surface area (Å²) < 4.78 is 33.9. The largest absolute Gasteiger partial charge is 0.408 e. The van der Waals surface area contributed by atoms with Gasteiger partial charge >= 0.3 is 6.18 Å². The van der Waals surface area contributed by atoms with Crippen molar-refractivity contribution in [3.05, 3.63) is 0 Å². The van der Waals surface area contributed by atoms with E-state index < -0.39 is 18.6 Å². The molecule has 10 heavy (non-hydrogen) atoms. The van der Waals surface area contributed by atoms with Crippen LogP contribution < -0.4 is 5.32 Å². The van der Waals surface area contributed by atoms with Crippen LogP contribution in [0.4, 0.5) is 13.2 Å². The molecule has 0 aromatic rings. The SMILES string of the molecule is CCC(=O)[N]CC(F)(F)F. The maximum atomic E-state index is 11.3. The molecule has 1 amide bonds. The van der Waals surface area contributed by atoms with Gasteiger partial charge in [-0.3, -0.25) is 4.79 Å². The third kappa shape index (κ3) is 5.40. The highest BCUT2D eigenvalue weighted by atomic mass is 19.4. The fourth-order valence-electron chi connectivity index (χ4n) is 0.290. The van der Waals surface area contributed by atoms with Crippen LogP contribution >= 0.6 is 0 Å². The Morgan fingerprint density at radius 2 is 2.00 bits per heavy atom. The molecule has 0 aliphatic carbocycles. The van der Waals surface area contributed by atoms with E-state index in [1.54, 1.807) is 0 Å². The van der Waals surface area contributed by atoms with Gasteiger partial charge in [0.25, 0.3) is 0 Å². The van der Waals surface area contributed by atoms with E-state index in [0.717, 1.165) is 0 Å². The minimum absolute atomic E-state index is 0.0239. The fourth-order valence-corrected chi connectivity index (χ4v) is 0.290. The second-order valence-electron chi connectivity index (χ2n) is 1.68. The molecule has 2 nitrogen and oxygen atoms in total. The summed E-state index contributed by atoms with van der Waals surface area (Å²) in [5, 5.41) is 2.75. The third-order valence-corrected chi connectivity index (χ3v) is 0.737. The van der Waals surface area contributed by atoms with Crippen molar-refractivity contribution in [2.45, 2.75) is 19.5 Å². The first-order valence-corrected chi connectivity index (χ1v) is 2.73. The molecular weight excluding hydrogens is 147 g/mol. The molecule has 0 rings (SSSR count). The molecule has 0 aliphatic heterocycles. The van der Waals surface area contributed by atoms with Gasteiger partial charge in [-0.1, -0.05) is 6.92 Å². The van der Waals surface area contributed by atoms with Crippen LogP contribution in [0.2, 0.25) is 0 Å². The van der Waals surface area contributed by atoms with Gasteiger partial charge in [0.15, 0.2) is 0 Å². The van der Waals surface area contributed by atoms with Gasteiger partial charge in [-0.15, -0.1) is 0 Å². The molecule has 0 unspecified atom stereocenters. The fraction of sp³-hybridized carbons (Fsp3) is 0.800. The number of amides is 1. The molecule has 5 heteroatoms. The van der Waals surface area contributed by atoms with Crippen molar-refractivity contribution in [1.82, 2.24) is 5.32 Å². The smallest absolute Gasteiger partial charge is 0.273 e. The van der Waals surface area contributed by atoms with E-state index in [0.29, 0.717) is 0 Å². The lowest BCUT2D eigenvalue weighted by atomic mass is 10.4. The Morgan fingerprint density at radius 3 is 2.30 bits per heavy atom. The summed E-state index contributed by atoms with van der Waals surface area (Å²) in [4.78, 5) is 10.2. The highest BCUT2D eigenvalue weighted by molar-refractivity contribution is 5.75. The van der Waals surface area contributed by atoms with E-state index in [1.807, 2.05) is 0 Å². The quantitative estimate of drug-likeness (QED) is 0.585. The molecule has 1 radical (unpaired) electrons. The Kier molecular flexibility index (Phi) is 3.18.